The molecule has 1 aliphatic heterocycles. The molecule has 0 unspecified atom stereocenters. The van der Waals surface area contributed by atoms with Crippen LogP contribution in [-0.2, 0) is 22.6 Å². The van der Waals surface area contributed by atoms with Gasteiger partial charge in [0.25, 0.3) is 5.91 Å². The summed E-state index contributed by atoms with van der Waals surface area (Å²) in [4.78, 5) is 37.3. The van der Waals surface area contributed by atoms with Gasteiger partial charge in [0.15, 0.2) is 0 Å². The number of imide groups is 1. The Bertz CT molecular complexity index is 807. The summed E-state index contributed by atoms with van der Waals surface area (Å²) in [6.45, 7) is 0.327. The van der Waals surface area contributed by atoms with Crippen LogP contribution in [0.5, 0.6) is 0 Å². The minimum atomic E-state index is -0.917. The Labute approximate surface area is 149 Å². The maximum absolute atomic E-state index is 13.2. The molecule has 0 bridgehead atoms. The number of nitrogens with zero attached hydrogens (tertiary/aromatic N) is 1. The number of furan rings is 1. The smallest absolute Gasteiger partial charge is 0.325 e. The van der Waals surface area contributed by atoms with Crippen molar-refractivity contribution in [1.82, 2.24) is 15.5 Å². The minimum Gasteiger partial charge on any atom is -0.469 e. The van der Waals surface area contributed by atoms with E-state index in [4.69, 9.17) is 4.42 Å². The van der Waals surface area contributed by atoms with Crippen LogP contribution in [-0.4, -0.2) is 35.3 Å². The van der Waals surface area contributed by atoms with E-state index in [0.717, 1.165) is 10.7 Å². The van der Waals surface area contributed by atoms with Gasteiger partial charge in [-0.25, -0.2) is 9.18 Å². The predicted molar refractivity (Wildman–Crippen MR) is 89.3 cm³/mol. The largest absolute Gasteiger partial charge is 0.469 e. The van der Waals surface area contributed by atoms with Crippen LogP contribution in [0.4, 0.5) is 9.18 Å². The topological polar surface area (TPSA) is 91.7 Å². The molecule has 1 aromatic heterocycles. The molecule has 3 rings (SSSR count). The molecule has 136 valence electrons. The van der Waals surface area contributed by atoms with Crippen LogP contribution >= 0.6 is 0 Å². The maximum Gasteiger partial charge on any atom is 0.325 e. The normalized spacial score (nSPS) is 16.7. The van der Waals surface area contributed by atoms with E-state index in [1.807, 2.05) is 0 Å². The second-order valence-electron chi connectivity index (χ2n) is 5.94. The lowest BCUT2D eigenvalue weighted by Crippen LogP contribution is -2.37. The fourth-order valence-corrected chi connectivity index (χ4v) is 2.72. The van der Waals surface area contributed by atoms with Crippen molar-refractivity contribution in [3.05, 3.63) is 59.8 Å². The van der Waals surface area contributed by atoms with Gasteiger partial charge in [-0.2, -0.15) is 0 Å². The van der Waals surface area contributed by atoms with Gasteiger partial charge in [0.2, 0.25) is 5.91 Å². The van der Waals surface area contributed by atoms with Crippen LogP contribution in [0.2, 0.25) is 0 Å². The van der Waals surface area contributed by atoms with Gasteiger partial charge in [0.05, 0.1) is 19.2 Å². The summed E-state index contributed by atoms with van der Waals surface area (Å²) in [7, 11) is 0. The van der Waals surface area contributed by atoms with Crippen LogP contribution in [0.25, 0.3) is 0 Å². The van der Waals surface area contributed by atoms with Gasteiger partial charge in [-0.15, -0.1) is 0 Å². The van der Waals surface area contributed by atoms with Crippen LogP contribution in [0.3, 0.4) is 0 Å². The minimum absolute atomic E-state index is 0.0426. The monoisotopic (exact) mass is 359 g/mol. The molecule has 4 amide bonds. The molecule has 7 nitrogen and oxygen atoms in total. The average molecular weight is 359 g/mol. The first kappa shape index (κ1) is 17.7. The first-order chi connectivity index (χ1) is 12.5. The van der Waals surface area contributed by atoms with Gasteiger partial charge in [0, 0.05) is 13.0 Å². The molecule has 1 atom stereocenters. The zero-order valence-corrected chi connectivity index (χ0v) is 13.9. The van der Waals surface area contributed by atoms with E-state index in [2.05, 4.69) is 10.6 Å². The standard InChI is InChI=1S/C18H18FN3O4/c19-13-4-1-3-12(9-13)11-22-17(24)15(21-18(22)25)10-16(23)20-7-6-14-5-2-8-26-14/h1-5,8-9,15H,6-7,10-11H2,(H,20,23)(H,21,25)/t15-/m0/s1. The number of amides is 4. The molecule has 1 aromatic carbocycles. The highest BCUT2D eigenvalue weighted by Gasteiger charge is 2.38. The summed E-state index contributed by atoms with van der Waals surface area (Å²) in [5, 5.41) is 5.17. The highest BCUT2D eigenvalue weighted by atomic mass is 19.1. The number of benzene rings is 1. The van der Waals surface area contributed by atoms with E-state index in [0.29, 0.717) is 18.5 Å². The Morgan fingerprint density at radius 3 is 2.85 bits per heavy atom. The van der Waals surface area contributed by atoms with Crippen molar-refractivity contribution in [1.29, 1.82) is 0 Å². The number of rotatable bonds is 7. The molecule has 2 heterocycles. The van der Waals surface area contributed by atoms with Crippen LogP contribution in [0, 0.1) is 5.82 Å². The lowest BCUT2D eigenvalue weighted by molar-refractivity contribution is -0.131. The van der Waals surface area contributed by atoms with Gasteiger partial charge >= 0.3 is 6.03 Å². The Hall–Kier alpha value is -3.16. The van der Waals surface area contributed by atoms with E-state index in [1.54, 1.807) is 24.5 Å². The first-order valence-electron chi connectivity index (χ1n) is 8.18. The van der Waals surface area contributed by atoms with Crippen molar-refractivity contribution in [2.45, 2.75) is 25.4 Å². The van der Waals surface area contributed by atoms with Gasteiger partial charge in [-0.1, -0.05) is 12.1 Å². The summed E-state index contributed by atoms with van der Waals surface area (Å²) in [5.41, 5.74) is 0.497. The molecule has 26 heavy (non-hydrogen) atoms. The molecule has 1 saturated heterocycles. The SMILES string of the molecule is O=C(C[C@@H]1NC(=O)N(Cc2cccc(F)c2)C1=O)NCCc1ccco1. The van der Waals surface area contributed by atoms with Crippen molar-refractivity contribution >= 4 is 17.8 Å². The number of hydrogen-bond donors (Lipinski definition) is 2. The van der Waals surface area contributed by atoms with Crippen molar-refractivity contribution < 1.29 is 23.2 Å². The van der Waals surface area contributed by atoms with Crippen molar-refractivity contribution in [3.8, 4) is 0 Å². The Morgan fingerprint density at radius 2 is 2.12 bits per heavy atom. The maximum atomic E-state index is 13.2. The van der Waals surface area contributed by atoms with E-state index in [-0.39, 0.29) is 18.9 Å². The number of carbonyl (C=O) groups excluding carboxylic acids is 3. The second-order valence-corrected chi connectivity index (χ2v) is 5.94. The second kappa shape index (κ2) is 7.81. The van der Waals surface area contributed by atoms with Crippen molar-refractivity contribution in [3.63, 3.8) is 0 Å². The Kier molecular flexibility index (Phi) is 5.31. The Morgan fingerprint density at radius 1 is 1.27 bits per heavy atom. The van der Waals surface area contributed by atoms with E-state index in [9.17, 15) is 18.8 Å². The summed E-state index contributed by atoms with van der Waals surface area (Å²) in [6.07, 6.45) is 1.94. The molecular formula is C18H18FN3O4. The van der Waals surface area contributed by atoms with Gasteiger partial charge in [0.1, 0.15) is 17.6 Å². The van der Waals surface area contributed by atoms with Gasteiger partial charge in [-0.05, 0) is 29.8 Å². The van der Waals surface area contributed by atoms with Crippen LogP contribution in [0.15, 0.2) is 47.1 Å². The van der Waals surface area contributed by atoms with Crippen molar-refractivity contribution in [2.75, 3.05) is 6.54 Å². The highest BCUT2D eigenvalue weighted by Crippen LogP contribution is 2.15. The third-order valence-electron chi connectivity index (χ3n) is 4.00. The number of nitrogens with one attached hydrogen (secondary N) is 2. The third-order valence-corrected chi connectivity index (χ3v) is 4.00. The van der Waals surface area contributed by atoms with E-state index in [1.165, 1.54) is 18.2 Å². The van der Waals surface area contributed by atoms with Crippen LogP contribution < -0.4 is 10.6 Å². The summed E-state index contributed by atoms with van der Waals surface area (Å²) in [5.74, 6) is -0.540. The molecule has 2 N–H and O–H groups in total. The van der Waals surface area contributed by atoms with Crippen molar-refractivity contribution in [2.24, 2.45) is 0 Å². The molecule has 8 heteroatoms. The van der Waals surface area contributed by atoms with E-state index < -0.39 is 23.8 Å². The lowest BCUT2D eigenvalue weighted by Gasteiger charge is -2.13. The molecule has 1 aliphatic rings. The summed E-state index contributed by atoms with van der Waals surface area (Å²) < 4.78 is 18.4. The van der Waals surface area contributed by atoms with Gasteiger partial charge in [-0.3, -0.25) is 14.5 Å². The average Bonchev–Trinajstić information content (AvgIpc) is 3.19. The molecule has 1 fully saturated rings. The number of hydrogen-bond acceptors (Lipinski definition) is 4. The summed E-state index contributed by atoms with van der Waals surface area (Å²) in [6, 6.07) is 7.73. The molecule has 0 saturated carbocycles. The summed E-state index contributed by atoms with van der Waals surface area (Å²) >= 11 is 0. The zero-order chi connectivity index (χ0) is 18.5. The highest BCUT2D eigenvalue weighted by molar-refractivity contribution is 6.05. The fourth-order valence-electron chi connectivity index (χ4n) is 2.72. The Balaban J connectivity index is 1.50. The number of carbonyl (C=O) groups is 3. The molecule has 0 spiro atoms. The third kappa shape index (κ3) is 4.27. The molecule has 0 radical (unpaired) electrons. The molecule has 0 aliphatic carbocycles. The van der Waals surface area contributed by atoms with E-state index >= 15 is 0 Å². The van der Waals surface area contributed by atoms with Gasteiger partial charge < -0.3 is 15.1 Å². The molecule has 2 aromatic rings. The molecular weight excluding hydrogens is 341 g/mol. The first-order valence-corrected chi connectivity index (χ1v) is 8.18. The zero-order valence-electron chi connectivity index (χ0n) is 13.9. The predicted octanol–water partition coefficient (Wildman–Crippen LogP) is 1.59. The fraction of sp³-hybridized carbons (Fsp3) is 0.278. The quantitative estimate of drug-likeness (QED) is 0.735. The number of halogens is 1. The lowest BCUT2D eigenvalue weighted by atomic mass is 10.1. The number of urea groups is 1. The van der Waals surface area contributed by atoms with Crippen LogP contribution in [0.1, 0.15) is 17.7 Å².